The standard InChI is InChI=1S/C18H24N4O5S/c23-16-18(21-17(24)20-16)7-1-2-13(18)12-19-28(25,26)15-5-3-14(4-6-15)22-8-10-27-11-9-22/h3-6,13,19H,1-2,7-12H2,(H2,20,21,23,24). The number of ether oxygens (including phenoxy) is 1. The van der Waals surface area contributed by atoms with Crippen LogP contribution in [0.25, 0.3) is 0 Å². The zero-order valence-electron chi connectivity index (χ0n) is 15.4. The molecule has 3 N–H and O–H groups in total. The van der Waals surface area contributed by atoms with E-state index in [-0.39, 0.29) is 23.3 Å². The van der Waals surface area contributed by atoms with Crippen molar-refractivity contribution in [3.8, 4) is 0 Å². The molecule has 1 aromatic carbocycles. The number of sulfonamides is 1. The summed E-state index contributed by atoms with van der Waals surface area (Å²) in [6.45, 7) is 2.98. The molecule has 152 valence electrons. The number of amides is 3. The first-order valence-electron chi connectivity index (χ1n) is 9.47. The van der Waals surface area contributed by atoms with E-state index in [1.165, 1.54) is 0 Å². The van der Waals surface area contributed by atoms with Crippen molar-refractivity contribution in [1.29, 1.82) is 0 Å². The number of carbonyl (C=O) groups excluding carboxylic acids is 2. The van der Waals surface area contributed by atoms with Crippen LogP contribution in [0.3, 0.4) is 0 Å². The number of anilines is 1. The largest absolute Gasteiger partial charge is 0.378 e. The highest BCUT2D eigenvalue weighted by atomic mass is 32.2. The first-order valence-corrected chi connectivity index (χ1v) is 11.0. The molecule has 3 aliphatic rings. The van der Waals surface area contributed by atoms with Crippen molar-refractivity contribution in [2.75, 3.05) is 37.7 Å². The van der Waals surface area contributed by atoms with E-state index in [0.29, 0.717) is 26.1 Å². The van der Waals surface area contributed by atoms with Crippen molar-refractivity contribution in [2.24, 2.45) is 5.92 Å². The molecule has 1 saturated carbocycles. The number of morpholine rings is 1. The Morgan fingerprint density at radius 3 is 2.54 bits per heavy atom. The number of hydrogen-bond donors (Lipinski definition) is 3. The maximum Gasteiger partial charge on any atom is 0.322 e. The SMILES string of the molecule is O=C1NC(=O)C2(CCCC2CNS(=O)(=O)c2ccc(N3CCOCC3)cc2)N1. The Labute approximate surface area is 163 Å². The average molecular weight is 408 g/mol. The third-order valence-electron chi connectivity index (χ3n) is 5.83. The Bertz CT molecular complexity index is 866. The molecule has 0 bridgehead atoms. The van der Waals surface area contributed by atoms with E-state index in [0.717, 1.165) is 25.2 Å². The Hall–Kier alpha value is -2.17. The van der Waals surface area contributed by atoms with E-state index < -0.39 is 21.6 Å². The molecule has 2 unspecified atom stereocenters. The highest BCUT2D eigenvalue weighted by Crippen LogP contribution is 2.37. The molecule has 2 atom stereocenters. The highest BCUT2D eigenvalue weighted by molar-refractivity contribution is 7.89. The van der Waals surface area contributed by atoms with Gasteiger partial charge in [0.2, 0.25) is 10.0 Å². The number of carbonyl (C=O) groups is 2. The molecule has 9 nitrogen and oxygen atoms in total. The van der Waals surface area contributed by atoms with Crippen molar-refractivity contribution in [3.63, 3.8) is 0 Å². The van der Waals surface area contributed by atoms with Crippen LogP contribution in [0.2, 0.25) is 0 Å². The monoisotopic (exact) mass is 408 g/mol. The van der Waals surface area contributed by atoms with Crippen LogP contribution in [0.15, 0.2) is 29.2 Å². The summed E-state index contributed by atoms with van der Waals surface area (Å²) in [6.07, 6.45) is 1.95. The van der Waals surface area contributed by atoms with Gasteiger partial charge in [0.25, 0.3) is 5.91 Å². The summed E-state index contributed by atoms with van der Waals surface area (Å²) in [5.41, 5.74) is -0.0397. The van der Waals surface area contributed by atoms with Crippen LogP contribution in [0.1, 0.15) is 19.3 Å². The van der Waals surface area contributed by atoms with Crippen molar-refractivity contribution in [2.45, 2.75) is 29.7 Å². The minimum absolute atomic E-state index is 0.0985. The average Bonchev–Trinajstić information content (AvgIpc) is 3.23. The van der Waals surface area contributed by atoms with Gasteiger partial charge < -0.3 is 15.0 Å². The third kappa shape index (κ3) is 3.47. The fourth-order valence-electron chi connectivity index (χ4n) is 4.27. The molecule has 4 rings (SSSR count). The third-order valence-corrected chi connectivity index (χ3v) is 7.27. The van der Waals surface area contributed by atoms with Gasteiger partial charge in [0, 0.05) is 31.2 Å². The lowest BCUT2D eigenvalue weighted by atomic mass is 9.87. The van der Waals surface area contributed by atoms with E-state index in [9.17, 15) is 18.0 Å². The Morgan fingerprint density at radius 2 is 1.89 bits per heavy atom. The van der Waals surface area contributed by atoms with Gasteiger partial charge in [0.1, 0.15) is 5.54 Å². The van der Waals surface area contributed by atoms with Crippen molar-refractivity contribution < 1.29 is 22.7 Å². The summed E-state index contributed by atoms with van der Waals surface area (Å²) in [7, 11) is -3.71. The summed E-state index contributed by atoms with van der Waals surface area (Å²) in [6, 6.07) is 6.24. The molecule has 2 heterocycles. The van der Waals surface area contributed by atoms with Gasteiger partial charge in [-0.15, -0.1) is 0 Å². The number of urea groups is 1. The Balaban J connectivity index is 1.43. The van der Waals surface area contributed by atoms with E-state index in [4.69, 9.17) is 4.74 Å². The van der Waals surface area contributed by atoms with Crippen LogP contribution >= 0.6 is 0 Å². The van der Waals surface area contributed by atoms with E-state index in [1.54, 1.807) is 24.3 Å². The molecule has 0 aromatic heterocycles. The van der Waals surface area contributed by atoms with Crippen LogP contribution in [-0.4, -0.2) is 58.7 Å². The summed E-state index contributed by atoms with van der Waals surface area (Å²) < 4.78 is 33.3. The maximum atomic E-state index is 12.7. The first kappa shape index (κ1) is 19.2. The number of nitrogens with zero attached hydrogens (tertiary/aromatic N) is 1. The minimum Gasteiger partial charge on any atom is -0.378 e. The number of benzene rings is 1. The molecular weight excluding hydrogens is 384 g/mol. The second-order valence-corrected chi connectivity index (χ2v) is 9.18. The molecule has 2 saturated heterocycles. The summed E-state index contributed by atoms with van der Waals surface area (Å²) in [4.78, 5) is 26.1. The van der Waals surface area contributed by atoms with Gasteiger partial charge in [-0.3, -0.25) is 10.1 Å². The van der Waals surface area contributed by atoms with Gasteiger partial charge in [0.15, 0.2) is 0 Å². The van der Waals surface area contributed by atoms with E-state index in [2.05, 4.69) is 20.3 Å². The maximum absolute atomic E-state index is 12.7. The zero-order chi connectivity index (χ0) is 19.8. The van der Waals surface area contributed by atoms with Gasteiger partial charge in [-0.1, -0.05) is 6.42 Å². The van der Waals surface area contributed by atoms with Crippen LogP contribution in [0.5, 0.6) is 0 Å². The Morgan fingerprint density at radius 1 is 1.18 bits per heavy atom. The molecule has 3 fully saturated rings. The predicted molar refractivity (Wildman–Crippen MR) is 101 cm³/mol. The Kier molecular flexibility index (Phi) is 5.02. The number of nitrogens with one attached hydrogen (secondary N) is 3. The van der Waals surface area contributed by atoms with Gasteiger partial charge in [0.05, 0.1) is 18.1 Å². The molecule has 1 aromatic rings. The van der Waals surface area contributed by atoms with Crippen molar-refractivity contribution >= 4 is 27.6 Å². The van der Waals surface area contributed by atoms with Crippen LogP contribution < -0.4 is 20.3 Å². The normalized spacial score (nSPS) is 27.9. The molecular formula is C18H24N4O5S. The van der Waals surface area contributed by atoms with Gasteiger partial charge >= 0.3 is 6.03 Å². The number of hydrogen-bond acceptors (Lipinski definition) is 6. The molecule has 2 aliphatic heterocycles. The number of imide groups is 1. The molecule has 1 spiro atoms. The highest BCUT2D eigenvalue weighted by Gasteiger charge is 2.54. The van der Waals surface area contributed by atoms with Gasteiger partial charge in [-0.25, -0.2) is 17.9 Å². The smallest absolute Gasteiger partial charge is 0.322 e. The fourth-order valence-corrected chi connectivity index (χ4v) is 5.36. The minimum atomic E-state index is -3.71. The first-order chi connectivity index (χ1) is 13.4. The van der Waals surface area contributed by atoms with Gasteiger partial charge in [-0.2, -0.15) is 0 Å². The van der Waals surface area contributed by atoms with Crippen LogP contribution in [-0.2, 0) is 19.6 Å². The van der Waals surface area contributed by atoms with Crippen LogP contribution in [0, 0.1) is 5.92 Å². The molecule has 3 amide bonds. The molecule has 1 aliphatic carbocycles. The van der Waals surface area contributed by atoms with Crippen molar-refractivity contribution in [1.82, 2.24) is 15.4 Å². The summed E-state index contributed by atoms with van der Waals surface area (Å²) in [5.74, 6) is -0.643. The predicted octanol–water partition coefficient (Wildman–Crippen LogP) is 0.180. The summed E-state index contributed by atoms with van der Waals surface area (Å²) in [5, 5.41) is 4.96. The topological polar surface area (TPSA) is 117 Å². The molecule has 10 heteroatoms. The zero-order valence-corrected chi connectivity index (χ0v) is 16.3. The second kappa shape index (κ2) is 7.34. The summed E-state index contributed by atoms with van der Waals surface area (Å²) >= 11 is 0. The number of rotatable bonds is 5. The lowest BCUT2D eigenvalue weighted by molar-refractivity contribution is -0.125. The lowest BCUT2D eigenvalue weighted by Crippen LogP contribution is -2.53. The molecule has 28 heavy (non-hydrogen) atoms. The van der Waals surface area contributed by atoms with Crippen LogP contribution in [0.4, 0.5) is 10.5 Å². The van der Waals surface area contributed by atoms with Crippen molar-refractivity contribution in [3.05, 3.63) is 24.3 Å². The van der Waals surface area contributed by atoms with Gasteiger partial charge in [-0.05, 0) is 37.1 Å². The quantitative estimate of drug-likeness (QED) is 0.599. The van der Waals surface area contributed by atoms with E-state index in [1.807, 2.05) is 0 Å². The lowest BCUT2D eigenvalue weighted by Gasteiger charge is -2.29. The second-order valence-electron chi connectivity index (χ2n) is 7.41. The van der Waals surface area contributed by atoms with E-state index >= 15 is 0 Å². The molecule has 0 radical (unpaired) electrons. The fraction of sp³-hybridized carbons (Fsp3) is 0.556.